The topological polar surface area (TPSA) is 51.0 Å². The van der Waals surface area contributed by atoms with Gasteiger partial charge in [0.1, 0.15) is 9.46 Å². The van der Waals surface area contributed by atoms with Crippen LogP contribution in [0.2, 0.25) is 0 Å². The van der Waals surface area contributed by atoms with Crippen LogP contribution in [0.4, 0.5) is 0 Å². The number of rotatable bonds is 4. The summed E-state index contributed by atoms with van der Waals surface area (Å²) in [5.74, 6) is 0.863. The van der Waals surface area contributed by atoms with Crippen LogP contribution in [0, 0.1) is 10.6 Å². The molecule has 3 heterocycles. The molecule has 0 aliphatic carbocycles. The zero-order valence-electron chi connectivity index (χ0n) is 11.6. The van der Waals surface area contributed by atoms with Crippen molar-refractivity contribution < 1.29 is 4.42 Å². The van der Waals surface area contributed by atoms with E-state index in [1.54, 1.807) is 12.5 Å². The maximum atomic E-state index is 5.31. The third-order valence-corrected chi connectivity index (χ3v) is 4.11. The highest BCUT2D eigenvalue weighted by Crippen LogP contribution is 2.25. The monoisotopic (exact) mass is 391 g/mol. The van der Waals surface area contributed by atoms with Crippen molar-refractivity contribution in [2.45, 2.75) is 13.5 Å². The summed E-state index contributed by atoms with van der Waals surface area (Å²) in [4.78, 5) is 9.12. The third-order valence-electron chi connectivity index (χ3n) is 3.29. The molecule has 1 N–H and O–H groups in total. The van der Waals surface area contributed by atoms with Crippen molar-refractivity contribution in [3.8, 4) is 0 Å². The van der Waals surface area contributed by atoms with Crippen LogP contribution in [0.3, 0.4) is 0 Å². The fraction of sp³-hybridized carbons (Fsp3) is 0.125. The molecule has 0 saturated heterocycles. The highest BCUT2D eigenvalue weighted by atomic mass is 127. The number of aromatic nitrogens is 2. The minimum atomic E-state index is 0.587. The summed E-state index contributed by atoms with van der Waals surface area (Å²) in [7, 11) is 0. The van der Waals surface area contributed by atoms with Gasteiger partial charge in [0.05, 0.1) is 29.7 Å². The Morgan fingerprint density at radius 3 is 3.00 bits per heavy atom. The van der Waals surface area contributed by atoms with Gasteiger partial charge in [-0.25, -0.2) is 4.98 Å². The van der Waals surface area contributed by atoms with Crippen molar-refractivity contribution in [2.75, 3.05) is 0 Å². The summed E-state index contributed by atoms with van der Waals surface area (Å²) < 4.78 is 6.23. The van der Waals surface area contributed by atoms with Crippen molar-refractivity contribution in [1.82, 2.24) is 15.3 Å². The maximum absolute atomic E-state index is 5.31. The molecule has 5 heteroatoms. The SMILES string of the molecule is C=C(NCc1ccco1)c1nc(I)c2cccnc2c1C. The molecule has 0 saturated carbocycles. The lowest BCUT2D eigenvalue weighted by molar-refractivity contribution is 0.501. The lowest BCUT2D eigenvalue weighted by atomic mass is 10.1. The Hall–Kier alpha value is -1.89. The predicted molar refractivity (Wildman–Crippen MR) is 91.6 cm³/mol. The molecule has 0 spiro atoms. The molecular formula is C16H14IN3O. The molecule has 0 aromatic carbocycles. The van der Waals surface area contributed by atoms with E-state index in [1.807, 2.05) is 31.2 Å². The third kappa shape index (κ3) is 2.78. The molecule has 0 aliphatic rings. The summed E-state index contributed by atoms with van der Waals surface area (Å²) in [6, 6.07) is 7.75. The molecule has 3 rings (SSSR count). The lowest BCUT2D eigenvalue weighted by Gasteiger charge is -2.13. The molecular weight excluding hydrogens is 377 g/mol. The Morgan fingerprint density at radius 2 is 2.24 bits per heavy atom. The number of hydrogen-bond donors (Lipinski definition) is 1. The number of nitrogens with zero attached hydrogens (tertiary/aromatic N) is 2. The zero-order chi connectivity index (χ0) is 14.8. The van der Waals surface area contributed by atoms with Crippen molar-refractivity contribution in [3.05, 3.63) is 64.0 Å². The van der Waals surface area contributed by atoms with Crippen LogP contribution in [-0.4, -0.2) is 9.97 Å². The molecule has 0 unspecified atom stereocenters. The predicted octanol–water partition coefficient (Wildman–Crippen LogP) is 3.90. The second-order valence-corrected chi connectivity index (χ2v) is 5.71. The van der Waals surface area contributed by atoms with Gasteiger partial charge in [0.25, 0.3) is 0 Å². The van der Waals surface area contributed by atoms with Crippen LogP contribution in [-0.2, 0) is 6.54 Å². The number of halogens is 1. The Labute approximate surface area is 136 Å². The Kier molecular flexibility index (Phi) is 3.92. The summed E-state index contributed by atoms with van der Waals surface area (Å²) in [5.41, 5.74) is 3.61. The van der Waals surface area contributed by atoms with E-state index in [2.05, 4.69) is 44.5 Å². The minimum absolute atomic E-state index is 0.587. The molecule has 106 valence electrons. The van der Waals surface area contributed by atoms with Crippen molar-refractivity contribution in [1.29, 1.82) is 0 Å². The first-order valence-corrected chi connectivity index (χ1v) is 7.61. The maximum Gasteiger partial charge on any atom is 0.122 e. The molecule has 3 aromatic rings. The first kappa shape index (κ1) is 14.1. The van der Waals surface area contributed by atoms with Crippen molar-refractivity contribution in [3.63, 3.8) is 0 Å². The highest BCUT2D eigenvalue weighted by molar-refractivity contribution is 14.1. The fourth-order valence-corrected chi connectivity index (χ4v) is 2.89. The first-order valence-electron chi connectivity index (χ1n) is 6.53. The van der Waals surface area contributed by atoms with Crippen LogP contribution in [0.25, 0.3) is 16.6 Å². The van der Waals surface area contributed by atoms with Crippen LogP contribution in [0.5, 0.6) is 0 Å². The van der Waals surface area contributed by atoms with Gasteiger partial charge in [-0.1, -0.05) is 6.58 Å². The normalized spacial score (nSPS) is 10.8. The van der Waals surface area contributed by atoms with Gasteiger partial charge in [-0.2, -0.15) is 0 Å². The van der Waals surface area contributed by atoms with Gasteiger partial charge in [-0.05, 0) is 53.8 Å². The lowest BCUT2D eigenvalue weighted by Crippen LogP contribution is -2.13. The van der Waals surface area contributed by atoms with E-state index in [9.17, 15) is 0 Å². The molecule has 0 atom stereocenters. The van der Waals surface area contributed by atoms with E-state index in [0.29, 0.717) is 6.54 Å². The number of fused-ring (bicyclic) bond motifs is 1. The molecule has 4 nitrogen and oxygen atoms in total. The van der Waals surface area contributed by atoms with Crippen molar-refractivity contribution in [2.24, 2.45) is 0 Å². The number of aryl methyl sites for hydroxylation is 1. The van der Waals surface area contributed by atoms with E-state index >= 15 is 0 Å². The molecule has 0 radical (unpaired) electrons. The number of furan rings is 1. The van der Waals surface area contributed by atoms with Gasteiger partial charge in [0, 0.05) is 17.1 Å². The molecule has 0 bridgehead atoms. The smallest absolute Gasteiger partial charge is 0.122 e. The van der Waals surface area contributed by atoms with Gasteiger partial charge >= 0.3 is 0 Å². The van der Waals surface area contributed by atoms with Crippen molar-refractivity contribution >= 4 is 39.2 Å². The number of nitrogens with one attached hydrogen (secondary N) is 1. The minimum Gasteiger partial charge on any atom is -0.467 e. The zero-order valence-corrected chi connectivity index (χ0v) is 13.7. The molecule has 0 amide bonds. The van der Waals surface area contributed by atoms with Gasteiger partial charge in [-0.15, -0.1) is 0 Å². The first-order chi connectivity index (χ1) is 10.2. The number of pyridine rings is 2. The molecule has 3 aromatic heterocycles. The quantitative estimate of drug-likeness (QED) is 0.542. The average Bonchev–Trinajstić information content (AvgIpc) is 3.02. The second-order valence-electron chi connectivity index (χ2n) is 4.69. The average molecular weight is 391 g/mol. The number of hydrogen-bond acceptors (Lipinski definition) is 4. The van der Waals surface area contributed by atoms with Crippen LogP contribution in [0.1, 0.15) is 17.0 Å². The summed E-state index contributed by atoms with van der Waals surface area (Å²) in [6.07, 6.45) is 3.46. The standard InChI is InChI=1S/C16H14IN3O/c1-10-14(11(2)19-9-12-5-4-8-21-12)20-16(17)13-6-3-7-18-15(10)13/h3-8,19H,2,9H2,1H3. The summed E-state index contributed by atoms with van der Waals surface area (Å²) in [5, 5.41) is 4.32. The van der Waals surface area contributed by atoms with E-state index in [1.165, 1.54) is 0 Å². The summed E-state index contributed by atoms with van der Waals surface area (Å²) >= 11 is 2.23. The Bertz CT molecular complexity index is 797. The van der Waals surface area contributed by atoms with E-state index in [4.69, 9.17) is 4.42 Å². The molecule has 21 heavy (non-hydrogen) atoms. The molecule has 0 aliphatic heterocycles. The van der Waals surface area contributed by atoms with Crippen LogP contribution in [0.15, 0.2) is 47.7 Å². The van der Waals surface area contributed by atoms with Gasteiger partial charge in [0.2, 0.25) is 0 Å². The van der Waals surface area contributed by atoms with E-state index < -0.39 is 0 Å². The second kappa shape index (κ2) is 5.85. The van der Waals surface area contributed by atoms with Gasteiger partial charge in [0.15, 0.2) is 0 Å². The Balaban J connectivity index is 1.92. The summed E-state index contributed by atoms with van der Waals surface area (Å²) in [6.45, 7) is 6.70. The Morgan fingerprint density at radius 1 is 1.38 bits per heavy atom. The molecule has 0 fully saturated rings. The van der Waals surface area contributed by atoms with Crippen LogP contribution >= 0.6 is 22.6 Å². The van der Waals surface area contributed by atoms with Gasteiger partial charge in [-0.3, -0.25) is 4.98 Å². The van der Waals surface area contributed by atoms with Crippen LogP contribution < -0.4 is 5.32 Å². The fourth-order valence-electron chi connectivity index (χ4n) is 2.21. The van der Waals surface area contributed by atoms with E-state index in [-0.39, 0.29) is 0 Å². The van der Waals surface area contributed by atoms with Gasteiger partial charge < -0.3 is 9.73 Å². The van der Waals surface area contributed by atoms with E-state index in [0.717, 1.165) is 37.3 Å². The largest absolute Gasteiger partial charge is 0.467 e. The highest BCUT2D eigenvalue weighted by Gasteiger charge is 2.12.